The number of amides is 1. The molecule has 1 amide bonds. The summed E-state index contributed by atoms with van der Waals surface area (Å²) in [4.78, 5) is 15.0. The van der Waals surface area contributed by atoms with E-state index >= 15 is 0 Å². The third kappa shape index (κ3) is 5.39. The first-order valence-corrected chi connectivity index (χ1v) is 11.9. The fourth-order valence-corrected chi connectivity index (χ4v) is 4.70. The average molecular weight is 416 g/mol. The lowest BCUT2D eigenvalue weighted by Gasteiger charge is -2.26. The molecule has 1 atom stereocenters. The molecule has 0 spiro atoms. The van der Waals surface area contributed by atoms with Crippen molar-refractivity contribution < 1.29 is 4.79 Å². The van der Waals surface area contributed by atoms with Crippen LogP contribution < -0.4 is 5.32 Å². The highest BCUT2D eigenvalue weighted by Gasteiger charge is 2.25. The smallest absolute Gasteiger partial charge is 0.241 e. The number of carbonyl (C=O) groups is 1. The van der Waals surface area contributed by atoms with Crippen LogP contribution in [-0.2, 0) is 11.2 Å². The van der Waals surface area contributed by atoms with Crippen molar-refractivity contribution in [3.63, 3.8) is 0 Å². The maximum absolute atomic E-state index is 12.9. The third-order valence-corrected chi connectivity index (χ3v) is 6.43. The summed E-state index contributed by atoms with van der Waals surface area (Å²) in [5.41, 5.74) is 1.03. The summed E-state index contributed by atoms with van der Waals surface area (Å²) in [6.07, 6.45) is 8.78. The molecule has 1 N–H and O–H groups in total. The maximum atomic E-state index is 12.9. The molecular weight excluding hydrogens is 382 g/mol. The Hall–Kier alpha value is -1.86. The van der Waals surface area contributed by atoms with Crippen molar-refractivity contribution in [2.75, 3.05) is 26.4 Å². The van der Waals surface area contributed by atoms with Crippen molar-refractivity contribution in [2.24, 2.45) is 0 Å². The molecule has 158 valence electrons. The zero-order chi connectivity index (χ0) is 20.6. The molecule has 1 unspecified atom stereocenters. The number of nitrogens with zero attached hydrogens (tertiary/aromatic N) is 4. The lowest BCUT2D eigenvalue weighted by Crippen LogP contribution is -2.39. The van der Waals surface area contributed by atoms with E-state index in [1.807, 2.05) is 37.4 Å². The summed E-state index contributed by atoms with van der Waals surface area (Å²) in [6.45, 7) is 3.53. The number of benzene rings is 1. The first-order chi connectivity index (χ1) is 14.2. The van der Waals surface area contributed by atoms with E-state index in [0.717, 1.165) is 35.9 Å². The highest BCUT2D eigenvalue weighted by atomic mass is 32.2. The largest absolute Gasteiger partial charge is 0.354 e. The van der Waals surface area contributed by atoms with Gasteiger partial charge in [-0.1, -0.05) is 61.9 Å². The molecule has 6 nitrogen and oxygen atoms in total. The molecule has 1 aromatic heterocycles. The molecule has 1 aromatic carbocycles. The summed E-state index contributed by atoms with van der Waals surface area (Å²) >= 11 is 1.67. The number of aromatic nitrogens is 3. The van der Waals surface area contributed by atoms with Crippen LogP contribution in [0.3, 0.4) is 0 Å². The van der Waals surface area contributed by atoms with E-state index < -0.39 is 0 Å². The van der Waals surface area contributed by atoms with Crippen molar-refractivity contribution in [1.29, 1.82) is 0 Å². The van der Waals surface area contributed by atoms with Crippen molar-refractivity contribution in [2.45, 2.75) is 62.7 Å². The van der Waals surface area contributed by atoms with Crippen molar-refractivity contribution in [3.05, 3.63) is 41.7 Å². The predicted octanol–water partition coefficient (Wildman–Crippen LogP) is 3.86. The predicted molar refractivity (Wildman–Crippen MR) is 118 cm³/mol. The van der Waals surface area contributed by atoms with E-state index in [9.17, 15) is 4.79 Å². The Balaban J connectivity index is 1.57. The summed E-state index contributed by atoms with van der Waals surface area (Å²) in [7, 11) is 1.99. The van der Waals surface area contributed by atoms with Gasteiger partial charge in [-0.2, -0.15) is 0 Å². The molecule has 29 heavy (non-hydrogen) atoms. The molecule has 1 heterocycles. The number of rotatable bonds is 10. The molecule has 3 rings (SSSR count). The number of likely N-dealkylation sites (N-methyl/N-ethyl adjacent to an activating group) is 1. The van der Waals surface area contributed by atoms with Gasteiger partial charge in [0.25, 0.3) is 0 Å². The zero-order valence-electron chi connectivity index (χ0n) is 17.8. The van der Waals surface area contributed by atoms with Gasteiger partial charge in [0.2, 0.25) is 5.91 Å². The molecule has 1 aliphatic carbocycles. The molecule has 1 aliphatic rings. The first-order valence-electron chi connectivity index (χ1n) is 10.7. The fourth-order valence-electron chi connectivity index (χ4n) is 4.12. The van der Waals surface area contributed by atoms with Gasteiger partial charge in [-0.15, -0.1) is 10.2 Å². The van der Waals surface area contributed by atoms with Gasteiger partial charge in [0.1, 0.15) is 11.9 Å². The minimum Gasteiger partial charge on any atom is -0.354 e. The Morgan fingerprint density at radius 2 is 2.00 bits per heavy atom. The lowest BCUT2D eigenvalue weighted by atomic mass is 10.0. The van der Waals surface area contributed by atoms with E-state index in [1.54, 1.807) is 11.8 Å². The molecule has 0 aliphatic heterocycles. The van der Waals surface area contributed by atoms with Crippen LogP contribution in [0.2, 0.25) is 0 Å². The maximum Gasteiger partial charge on any atom is 0.241 e. The van der Waals surface area contributed by atoms with Crippen LogP contribution in [0.5, 0.6) is 0 Å². The SMILES string of the molecule is CCN(C)C(C(=O)NCCCc1nnc(SC)n1C1CCCC1)c1ccccc1. The molecule has 0 radical (unpaired) electrons. The standard InChI is InChI=1S/C22H33N5OS/c1-4-26(2)20(17-11-6-5-7-12-17)21(28)23-16-10-15-19-24-25-22(29-3)27(19)18-13-8-9-14-18/h5-7,11-12,18,20H,4,8-10,13-16H2,1-3H3,(H,23,28). The van der Waals surface area contributed by atoms with E-state index in [-0.39, 0.29) is 11.9 Å². The summed E-state index contributed by atoms with van der Waals surface area (Å²) in [5.74, 6) is 1.11. The van der Waals surface area contributed by atoms with Crippen molar-refractivity contribution in [1.82, 2.24) is 25.0 Å². The van der Waals surface area contributed by atoms with Gasteiger partial charge in [0, 0.05) is 19.0 Å². The van der Waals surface area contributed by atoms with Crippen molar-refractivity contribution >= 4 is 17.7 Å². The Bertz CT molecular complexity index is 773. The third-order valence-electron chi connectivity index (χ3n) is 5.79. The monoisotopic (exact) mass is 415 g/mol. The highest BCUT2D eigenvalue weighted by molar-refractivity contribution is 7.98. The van der Waals surface area contributed by atoms with Gasteiger partial charge in [0.15, 0.2) is 5.16 Å². The molecular formula is C22H33N5OS. The zero-order valence-corrected chi connectivity index (χ0v) is 18.6. The fraction of sp³-hybridized carbons (Fsp3) is 0.591. The number of thioether (sulfide) groups is 1. The normalized spacial score (nSPS) is 15.7. The Morgan fingerprint density at radius 3 is 2.66 bits per heavy atom. The summed E-state index contributed by atoms with van der Waals surface area (Å²) in [6, 6.07) is 10.3. The minimum atomic E-state index is -0.258. The van der Waals surface area contributed by atoms with Gasteiger partial charge in [-0.25, -0.2) is 0 Å². The lowest BCUT2D eigenvalue weighted by molar-refractivity contribution is -0.126. The highest BCUT2D eigenvalue weighted by Crippen LogP contribution is 2.33. The summed E-state index contributed by atoms with van der Waals surface area (Å²) < 4.78 is 2.34. The van der Waals surface area contributed by atoms with Crippen LogP contribution in [0.4, 0.5) is 0 Å². The van der Waals surface area contributed by atoms with Crippen LogP contribution in [0.1, 0.15) is 62.5 Å². The van der Waals surface area contributed by atoms with Crippen LogP contribution >= 0.6 is 11.8 Å². The number of hydrogen-bond acceptors (Lipinski definition) is 5. The van der Waals surface area contributed by atoms with Gasteiger partial charge in [0.05, 0.1) is 0 Å². The Labute approximate surface area is 178 Å². The number of carbonyl (C=O) groups excluding carboxylic acids is 1. The Kier molecular flexibility index (Phi) is 8.12. The van der Waals surface area contributed by atoms with E-state index in [0.29, 0.717) is 12.6 Å². The Morgan fingerprint density at radius 1 is 1.28 bits per heavy atom. The second-order valence-corrected chi connectivity index (χ2v) is 8.47. The van der Waals surface area contributed by atoms with E-state index in [4.69, 9.17) is 0 Å². The van der Waals surface area contributed by atoms with Gasteiger partial charge >= 0.3 is 0 Å². The molecule has 7 heteroatoms. The minimum absolute atomic E-state index is 0.0580. The quantitative estimate of drug-likeness (QED) is 0.472. The van der Waals surface area contributed by atoms with Gasteiger partial charge < -0.3 is 9.88 Å². The average Bonchev–Trinajstić information content (AvgIpc) is 3.41. The topological polar surface area (TPSA) is 63.1 Å². The molecule has 0 saturated heterocycles. The number of aryl methyl sites for hydroxylation is 1. The molecule has 1 fully saturated rings. The molecule has 1 saturated carbocycles. The number of hydrogen-bond donors (Lipinski definition) is 1. The van der Waals surface area contributed by atoms with Crippen LogP contribution in [0.15, 0.2) is 35.5 Å². The second-order valence-electron chi connectivity index (χ2n) is 7.69. The van der Waals surface area contributed by atoms with Gasteiger partial charge in [-0.05, 0) is 44.7 Å². The van der Waals surface area contributed by atoms with E-state index in [2.05, 4.69) is 38.2 Å². The molecule has 0 bridgehead atoms. The second kappa shape index (κ2) is 10.8. The first kappa shape index (κ1) is 21.8. The van der Waals surface area contributed by atoms with Crippen LogP contribution in [0.25, 0.3) is 0 Å². The van der Waals surface area contributed by atoms with Crippen LogP contribution in [-0.4, -0.2) is 52.0 Å². The van der Waals surface area contributed by atoms with E-state index in [1.165, 1.54) is 25.7 Å². The van der Waals surface area contributed by atoms with Gasteiger partial charge in [-0.3, -0.25) is 9.69 Å². The summed E-state index contributed by atoms with van der Waals surface area (Å²) in [5, 5.41) is 13.0. The number of nitrogens with one attached hydrogen (secondary N) is 1. The van der Waals surface area contributed by atoms with Crippen molar-refractivity contribution in [3.8, 4) is 0 Å². The molecule has 2 aromatic rings. The van der Waals surface area contributed by atoms with Crippen LogP contribution in [0, 0.1) is 0 Å².